The van der Waals surface area contributed by atoms with Crippen LogP contribution in [0.1, 0.15) is 24.5 Å². The van der Waals surface area contributed by atoms with Crippen molar-refractivity contribution in [2.75, 3.05) is 0 Å². The fourth-order valence-corrected chi connectivity index (χ4v) is 1.41. The minimum Gasteiger partial charge on any atom is -0.393 e. The molecule has 0 aliphatic rings. The Morgan fingerprint density at radius 3 is 2.44 bits per heavy atom. The van der Waals surface area contributed by atoms with Gasteiger partial charge in [0.1, 0.15) is 5.82 Å². The van der Waals surface area contributed by atoms with Gasteiger partial charge in [0.15, 0.2) is 0 Å². The molecular weight excluding hydrogens is 224 g/mol. The molecule has 0 aliphatic heterocycles. The molecule has 1 atom stereocenters. The van der Waals surface area contributed by atoms with Gasteiger partial charge in [0.2, 0.25) is 0 Å². The second-order valence-electron chi connectivity index (χ2n) is 3.69. The van der Waals surface area contributed by atoms with Crippen LogP contribution < -0.4 is 0 Å². The molecule has 1 N–H and O–H groups in total. The molecule has 0 unspecified atom stereocenters. The monoisotopic (exact) mass is 236 g/mol. The summed E-state index contributed by atoms with van der Waals surface area (Å²) in [6, 6.07) is 2.38. The van der Waals surface area contributed by atoms with Gasteiger partial charge in [0.05, 0.1) is 11.7 Å². The molecule has 0 aromatic heterocycles. The number of hydrogen-bond donors (Lipinski definition) is 1. The molecule has 1 aromatic carbocycles. The quantitative estimate of drug-likeness (QED) is 0.799. The highest BCUT2D eigenvalue weighted by Crippen LogP contribution is 2.32. The number of aliphatic hydroxyl groups is 1. The lowest BCUT2D eigenvalue weighted by molar-refractivity contribution is -0.138. The van der Waals surface area contributed by atoms with Crippen LogP contribution in [0, 0.1) is 5.82 Å². The molecule has 1 nitrogen and oxygen atoms in total. The Balaban J connectivity index is 2.99. The summed E-state index contributed by atoms with van der Waals surface area (Å²) in [5.74, 6) is -0.700. The van der Waals surface area contributed by atoms with Crippen LogP contribution in [0.3, 0.4) is 0 Å². The van der Waals surface area contributed by atoms with Gasteiger partial charge in [-0.1, -0.05) is 0 Å². The van der Waals surface area contributed by atoms with Gasteiger partial charge in [-0.3, -0.25) is 0 Å². The lowest BCUT2D eigenvalue weighted by Gasteiger charge is -2.13. The van der Waals surface area contributed by atoms with E-state index in [0.29, 0.717) is 0 Å². The van der Waals surface area contributed by atoms with Gasteiger partial charge in [0.25, 0.3) is 0 Å². The van der Waals surface area contributed by atoms with Gasteiger partial charge >= 0.3 is 6.18 Å². The zero-order valence-corrected chi connectivity index (χ0v) is 8.68. The first-order valence-electron chi connectivity index (χ1n) is 4.84. The number of alkyl halides is 3. The van der Waals surface area contributed by atoms with Gasteiger partial charge in [0, 0.05) is 0 Å². The number of rotatable bonds is 3. The van der Waals surface area contributed by atoms with E-state index in [1.54, 1.807) is 0 Å². The minimum atomic E-state index is -4.48. The van der Waals surface area contributed by atoms with Crippen LogP contribution in [0.25, 0.3) is 0 Å². The van der Waals surface area contributed by atoms with Gasteiger partial charge < -0.3 is 5.11 Å². The van der Waals surface area contributed by atoms with Gasteiger partial charge in [-0.25, -0.2) is 4.39 Å². The van der Waals surface area contributed by atoms with E-state index in [1.165, 1.54) is 6.92 Å². The van der Waals surface area contributed by atoms with Crippen molar-refractivity contribution in [3.8, 4) is 0 Å². The summed E-state index contributed by atoms with van der Waals surface area (Å²) in [7, 11) is 0. The van der Waals surface area contributed by atoms with E-state index in [4.69, 9.17) is 5.11 Å². The second kappa shape index (κ2) is 4.82. The number of halogens is 4. The number of aryl methyl sites for hydroxylation is 1. The SMILES string of the molecule is C[C@H](O)CCc1cc(F)ccc1C(F)(F)F. The molecule has 0 saturated carbocycles. The topological polar surface area (TPSA) is 20.2 Å². The Labute approximate surface area is 90.7 Å². The number of benzene rings is 1. The molecule has 0 spiro atoms. The van der Waals surface area contributed by atoms with E-state index < -0.39 is 23.7 Å². The van der Waals surface area contributed by atoms with Crippen molar-refractivity contribution in [3.05, 3.63) is 35.1 Å². The number of aliphatic hydroxyl groups excluding tert-OH is 1. The van der Waals surface area contributed by atoms with Crippen molar-refractivity contribution < 1.29 is 22.7 Å². The van der Waals surface area contributed by atoms with Crippen molar-refractivity contribution in [2.45, 2.75) is 32.0 Å². The third-order valence-electron chi connectivity index (χ3n) is 2.20. The van der Waals surface area contributed by atoms with Crippen LogP contribution >= 0.6 is 0 Å². The van der Waals surface area contributed by atoms with Gasteiger partial charge in [-0.05, 0) is 43.5 Å². The maximum atomic E-state index is 12.8. The molecule has 0 bridgehead atoms. The summed E-state index contributed by atoms with van der Waals surface area (Å²) in [5, 5.41) is 9.00. The van der Waals surface area contributed by atoms with Crippen LogP contribution in [0.2, 0.25) is 0 Å². The van der Waals surface area contributed by atoms with Crippen LogP contribution in [0.4, 0.5) is 17.6 Å². The highest BCUT2D eigenvalue weighted by molar-refractivity contribution is 5.30. The Morgan fingerprint density at radius 1 is 1.31 bits per heavy atom. The maximum Gasteiger partial charge on any atom is 0.416 e. The van der Waals surface area contributed by atoms with Crippen LogP contribution in [-0.4, -0.2) is 11.2 Å². The Morgan fingerprint density at radius 2 is 1.94 bits per heavy atom. The molecule has 90 valence electrons. The normalized spacial score (nSPS) is 13.9. The summed E-state index contributed by atoms with van der Waals surface area (Å²) >= 11 is 0. The smallest absolute Gasteiger partial charge is 0.393 e. The van der Waals surface area contributed by atoms with E-state index in [1.807, 2.05) is 0 Å². The molecule has 0 heterocycles. The van der Waals surface area contributed by atoms with E-state index in [-0.39, 0.29) is 18.4 Å². The first kappa shape index (κ1) is 13.0. The lowest BCUT2D eigenvalue weighted by Crippen LogP contribution is -2.11. The zero-order valence-electron chi connectivity index (χ0n) is 8.68. The average molecular weight is 236 g/mol. The molecule has 0 saturated heterocycles. The van der Waals surface area contributed by atoms with Crippen LogP contribution in [-0.2, 0) is 12.6 Å². The van der Waals surface area contributed by atoms with Crippen LogP contribution in [0.5, 0.6) is 0 Å². The maximum absolute atomic E-state index is 12.8. The highest BCUT2D eigenvalue weighted by Gasteiger charge is 2.33. The molecule has 1 rings (SSSR count). The van der Waals surface area contributed by atoms with E-state index in [0.717, 1.165) is 18.2 Å². The fourth-order valence-electron chi connectivity index (χ4n) is 1.41. The standard InChI is InChI=1S/C11H12F4O/c1-7(16)2-3-8-6-9(12)4-5-10(8)11(13,14)15/h4-7,16H,2-3H2,1H3/t7-/m0/s1. The second-order valence-corrected chi connectivity index (χ2v) is 3.69. The Hall–Kier alpha value is -1.10. The van der Waals surface area contributed by atoms with Crippen molar-refractivity contribution in [1.82, 2.24) is 0 Å². The third kappa shape index (κ3) is 3.48. The van der Waals surface area contributed by atoms with Crippen molar-refractivity contribution in [2.24, 2.45) is 0 Å². The van der Waals surface area contributed by atoms with E-state index in [9.17, 15) is 17.6 Å². The molecule has 0 aliphatic carbocycles. The van der Waals surface area contributed by atoms with E-state index in [2.05, 4.69) is 0 Å². The van der Waals surface area contributed by atoms with Crippen molar-refractivity contribution in [3.63, 3.8) is 0 Å². The van der Waals surface area contributed by atoms with Gasteiger partial charge in [-0.2, -0.15) is 13.2 Å². The lowest BCUT2D eigenvalue weighted by atomic mass is 10.0. The van der Waals surface area contributed by atoms with Crippen LogP contribution in [0.15, 0.2) is 18.2 Å². The minimum absolute atomic E-state index is 0.00424. The van der Waals surface area contributed by atoms with E-state index >= 15 is 0 Å². The first-order valence-corrected chi connectivity index (χ1v) is 4.84. The van der Waals surface area contributed by atoms with Gasteiger partial charge in [-0.15, -0.1) is 0 Å². The summed E-state index contributed by atoms with van der Waals surface area (Å²) in [4.78, 5) is 0. The number of hydrogen-bond acceptors (Lipinski definition) is 1. The third-order valence-corrected chi connectivity index (χ3v) is 2.20. The Bertz CT molecular complexity index is 357. The zero-order chi connectivity index (χ0) is 12.3. The fraction of sp³-hybridized carbons (Fsp3) is 0.455. The highest BCUT2D eigenvalue weighted by atomic mass is 19.4. The molecule has 5 heteroatoms. The summed E-state index contributed by atoms with van der Waals surface area (Å²) in [6.45, 7) is 1.48. The first-order chi connectivity index (χ1) is 7.30. The van der Waals surface area contributed by atoms with Crippen molar-refractivity contribution in [1.29, 1.82) is 0 Å². The molecule has 1 aromatic rings. The molecule has 0 fully saturated rings. The summed E-state index contributed by atoms with van der Waals surface area (Å²) < 4.78 is 50.4. The molecule has 0 amide bonds. The molecular formula is C11H12F4O. The average Bonchev–Trinajstić information content (AvgIpc) is 2.12. The summed E-state index contributed by atoms with van der Waals surface area (Å²) in [5.41, 5.74) is -0.956. The van der Waals surface area contributed by atoms with Crippen molar-refractivity contribution >= 4 is 0 Å². The molecule has 16 heavy (non-hydrogen) atoms. The molecule has 0 radical (unpaired) electrons. The summed E-state index contributed by atoms with van der Waals surface area (Å²) in [6.07, 6.45) is -5.01. The Kier molecular flexibility index (Phi) is 3.91. The largest absolute Gasteiger partial charge is 0.416 e. The predicted molar refractivity (Wildman–Crippen MR) is 51.4 cm³/mol. The predicted octanol–water partition coefficient (Wildman–Crippen LogP) is 3.16.